The summed E-state index contributed by atoms with van der Waals surface area (Å²) in [5.74, 6) is 1.18. The van der Waals surface area contributed by atoms with Gasteiger partial charge in [0.05, 0.1) is 11.9 Å². The van der Waals surface area contributed by atoms with Crippen molar-refractivity contribution in [1.29, 1.82) is 0 Å². The van der Waals surface area contributed by atoms with E-state index in [1.807, 2.05) is 29.1 Å². The van der Waals surface area contributed by atoms with Crippen molar-refractivity contribution in [2.75, 3.05) is 0 Å². The minimum absolute atomic E-state index is 0.981. The molecule has 17 heavy (non-hydrogen) atoms. The lowest BCUT2D eigenvalue weighted by Crippen LogP contribution is -2.03. The van der Waals surface area contributed by atoms with Crippen LogP contribution in [0.4, 0.5) is 0 Å². The Bertz CT molecular complexity index is 677. The van der Waals surface area contributed by atoms with Crippen LogP contribution in [0, 0.1) is 0 Å². The summed E-state index contributed by atoms with van der Waals surface area (Å²) in [5, 5.41) is 4.48. The zero-order valence-electron chi connectivity index (χ0n) is 9.24. The van der Waals surface area contributed by atoms with Gasteiger partial charge in [0.2, 0.25) is 0 Å². The molecule has 3 nitrogen and oxygen atoms in total. The number of aromatic nitrogens is 3. The molecule has 1 aliphatic rings. The average Bonchev–Trinajstić information content (AvgIpc) is 3.00. The molecule has 0 saturated heterocycles. The van der Waals surface area contributed by atoms with Gasteiger partial charge in [0.25, 0.3) is 0 Å². The average molecular weight is 221 g/mol. The van der Waals surface area contributed by atoms with E-state index in [0.29, 0.717) is 0 Å². The first-order valence-electron chi connectivity index (χ1n) is 5.72. The van der Waals surface area contributed by atoms with Crippen LogP contribution in [-0.2, 0) is 6.42 Å². The summed E-state index contributed by atoms with van der Waals surface area (Å²) in [6, 6.07) is 14.5. The molecule has 0 spiro atoms. The SMILES string of the molecule is c1ccc(-n2ncc3c2-n2cccc2C3)cc1. The third-order valence-corrected chi connectivity index (χ3v) is 3.25. The Labute approximate surface area is 98.9 Å². The van der Waals surface area contributed by atoms with Crippen LogP contribution in [0.5, 0.6) is 0 Å². The highest BCUT2D eigenvalue weighted by Crippen LogP contribution is 2.29. The van der Waals surface area contributed by atoms with Gasteiger partial charge in [-0.1, -0.05) is 18.2 Å². The summed E-state index contributed by atoms with van der Waals surface area (Å²) >= 11 is 0. The quantitative estimate of drug-likeness (QED) is 0.484. The van der Waals surface area contributed by atoms with Crippen molar-refractivity contribution < 1.29 is 0 Å². The lowest BCUT2D eigenvalue weighted by Gasteiger charge is -2.07. The van der Waals surface area contributed by atoms with Crippen molar-refractivity contribution in [3.05, 3.63) is 66.1 Å². The van der Waals surface area contributed by atoms with Gasteiger partial charge in [-0.05, 0) is 24.3 Å². The predicted octanol–water partition coefficient (Wildman–Crippen LogP) is 2.57. The van der Waals surface area contributed by atoms with Crippen molar-refractivity contribution in [3.8, 4) is 11.5 Å². The molecule has 0 atom stereocenters. The first-order valence-corrected chi connectivity index (χ1v) is 5.72. The van der Waals surface area contributed by atoms with E-state index in [4.69, 9.17) is 0 Å². The number of hydrogen-bond acceptors (Lipinski definition) is 1. The highest BCUT2D eigenvalue weighted by Gasteiger charge is 2.22. The van der Waals surface area contributed by atoms with Crippen molar-refractivity contribution >= 4 is 0 Å². The number of nitrogens with zero attached hydrogens (tertiary/aromatic N) is 3. The van der Waals surface area contributed by atoms with E-state index in [9.17, 15) is 0 Å². The Morgan fingerprint density at radius 3 is 2.76 bits per heavy atom. The van der Waals surface area contributed by atoms with Crippen LogP contribution in [0.2, 0.25) is 0 Å². The molecule has 0 amide bonds. The van der Waals surface area contributed by atoms with Gasteiger partial charge >= 0.3 is 0 Å². The van der Waals surface area contributed by atoms with Crippen LogP contribution in [0.15, 0.2) is 54.9 Å². The summed E-state index contributed by atoms with van der Waals surface area (Å²) in [5.41, 5.74) is 3.74. The van der Waals surface area contributed by atoms with E-state index >= 15 is 0 Å². The monoisotopic (exact) mass is 221 g/mol. The Balaban J connectivity index is 1.98. The number of rotatable bonds is 1. The lowest BCUT2D eigenvalue weighted by atomic mass is 10.2. The predicted molar refractivity (Wildman–Crippen MR) is 65.7 cm³/mol. The largest absolute Gasteiger partial charge is 0.305 e. The van der Waals surface area contributed by atoms with E-state index < -0.39 is 0 Å². The minimum Gasteiger partial charge on any atom is -0.305 e. The van der Waals surface area contributed by atoms with Crippen LogP contribution in [0.1, 0.15) is 11.3 Å². The van der Waals surface area contributed by atoms with Gasteiger partial charge in [0, 0.05) is 23.9 Å². The molecule has 4 rings (SSSR count). The number of para-hydroxylation sites is 1. The van der Waals surface area contributed by atoms with E-state index in [1.54, 1.807) is 0 Å². The molecule has 0 unspecified atom stereocenters. The smallest absolute Gasteiger partial charge is 0.144 e. The summed E-state index contributed by atoms with van der Waals surface area (Å²) in [6.45, 7) is 0. The summed E-state index contributed by atoms with van der Waals surface area (Å²) < 4.78 is 4.22. The van der Waals surface area contributed by atoms with E-state index in [1.165, 1.54) is 17.1 Å². The van der Waals surface area contributed by atoms with Crippen LogP contribution in [0.25, 0.3) is 11.5 Å². The zero-order chi connectivity index (χ0) is 11.2. The first-order chi connectivity index (χ1) is 8.43. The van der Waals surface area contributed by atoms with E-state index in [2.05, 4.69) is 40.1 Å². The molecule has 82 valence electrons. The normalized spacial score (nSPS) is 12.5. The summed E-state index contributed by atoms with van der Waals surface area (Å²) in [4.78, 5) is 0. The van der Waals surface area contributed by atoms with Gasteiger partial charge in [-0.2, -0.15) is 5.10 Å². The van der Waals surface area contributed by atoms with Crippen LogP contribution in [-0.4, -0.2) is 14.3 Å². The van der Waals surface area contributed by atoms with Crippen molar-refractivity contribution in [2.45, 2.75) is 6.42 Å². The molecule has 0 aliphatic carbocycles. The third kappa shape index (κ3) is 1.13. The first kappa shape index (κ1) is 8.82. The van der Waals surface area contributed by atoms with Gasteiger partial charge in [-0.15, -0.1) is 0 Å². The maximum atomic E-state index is 4.48. The maximum absolute atomic E-state index is 4.48. The molecular formula is C14H11N3. The van der Waals surface area contributed by atoms with Crippen LogP contribution in [0.3, 0.4) is 0 Å². The van der Waals surface area contributed by atoms with Crippen LogP contribution < -0.4 is 0 Å². The van der Waals surface area contributed by atoms with Crippen LogP contribution >= 0.6 is 0 Å². The third-order valence-electron chi connectivity index (χ3n) is 3.25. The summed E-state index contributed by atoms with van der Waals surface area (Å²) in [7, 11) is 0. The Hall–Kier alpha value is -2.29. The standard InChI is InChI=1S/C14H11N3/c1-2-5-12(6-3-1)17-14-11(10-15-17)9-13-7-4-8-16(13)14/h1-8,10H,9H2. The molecule has 1 aromatic carbocycles. The Kier molecular flexibility index (Phi) is 1.61. The second kappa shape index (κ2) is 3.10. The van der Waals surface area contributed by atoms with Gasteiger partial charge in [0.1, 0.15) is 5.82 Å². The molecule has 0 fully saturated rings. The zero-order valence-corrected chi connectivity index (χ0v) is 9.24. The lowest BCUT2D eigenvalue weighted by molar-refractivity contribution is 0.820. The molecular weight excluding hydrogens is 210 g/mol. The molecule has 0 radical (unpaired) electrons. The number of hydrogen-bond donors (Lipinski definition) is 0. The molecule has 3 heteroatoms. The van der Waals surface area contributed by atoms with Crippen molar-refractivity contribution in [3.63, 3.8) is 0 Å². The van der Waals surface area contributed by atoms with Gasteiger partial charge in [-0.3, -0.25) is 0 Å². The van der Waals surface area contributed by atoms with E-state index in [0.717, 1.165) is 12.1 Å². The highest BCUT2D eigenvalue weighted by atomic mass is 15.3. The van der Waals surface area contributed by atoms with Gasteiger partial charge in [0.15, 0.2) is 0 Å². The number of fused-ring (bicyclic) bond motifs is 3. The second-order valence-electron chi connectivity index (χ2n) is 4.29. The fraction of sp³-hybridized carbons (Fsp3) is 0.0714. The fourth-order valence-corrected chi connectivity index (χ4v) is 2.48. The van der Waals surface area contributed by atoms with Crippen molar-refractivity contribution in [1.82, 2.24) is 14.3 Å². The minimum atomic E-state index is 0.981. The highest BCUT2D eigenvalue weighted by molar-refractivity contribution is 5.49. The molecule has 3 heterocycles. The van der Waals surface area contributed by atoms with Crippen molar-refractivity contribution in [2.24, 2.45) is 0 Å². The Morgan fingerprint density at radius 2 is 1.88 bits per heavy atom. The molecule has 0 bridgehead atoms. The molecule has 3 aromatic rings. The fourth-order valence-electron chi connectivity index (χ4n) is 2.48. The van der Waals surface area contributed by atoms with E-state index in [-0.39, 0.29) is 0 Å². The Morgan fingerprint density at radius 1 is 1.00 bits per heavy atom. The van der Waals surface area contributed by atoms with Gasteiger partial charge in [-0.25, -0.2) is 4.68 Å². The molecule has 1 aliphatic heterocycles. The van der Waals surface area contributed by atoms with Gasteiger partial charge < -0.3 is 4.57 Å². The topological polar surface area (TPSA) is 22.8 Å². The molecule has 0 N–H and O–H groups in total. The number of benzene rings is 1. The second-order valence-corrected chi connectivity index (χ2v) is 4.29. The summed E-state index contributed by atoms with van der Waals surface area (Å²) in [6.07, 6.45) is 5.05. The molecule has 0 saturated carbocycles. The maximum Gasteiger partial charge on any atom is 0.144 e. The molecule has 2 aromatic heterocycles.